The molecule has 0 atom stereocenters. The first-order chi connectivity index (χ1) is 17.8. The van der Waals surface area contributed by atoms with Crippen molar-refractivity contribution in [2.75, 3.05) is 5.32 Å². The van der Waals surface area contributed by atoms with Gasteiger partial charge in [0.1, 0.15) is 11.5 Å². The van der Waals surface area contributed by atoms with Crippen LogP contribution in [0.1, 0.15) is 27.2 Å². The van der Waals surface area contributed by atoms with E-state index in [1.165, 1.54) is 36.2 Å². The summed E-state index contributed by atoms with van der Waals surface area (Å²) in [4.78, 5) is 38.1. The summed E-state index contributed by atoms with van der Waals surface area (Å²) in [5.74, 6) is -0.504. The molecule has 186 valence electrons. The number of non-ortho nitro benzene ring substituents is 1. The van der Waals surface area contributed by atoms with E-state index in [9.17, 15) is 19.7 Å². The highest BCUT2D eigenvalue weighted by Crippen LogP contribution is 2.30. The second-order valence-electron chi connectivity index (χ2n) is 8.16. The zero-order valence-corrected chi connectivity index (χ0v) is 20.9. The van der Waals surface area contributed by atoms with E-state index in [2.05, 4.69) is 10.6 Å². The van der Waals surface area contributed by atoms with E-state index < -0.39 is 16.7 Å². The quantitative estimate of drug-likeness (QED) is 0.161. The van der Waals surface area contributed by atoms with Crippen molar-refractivity contribution in [1.29, 1.82) is 0 Å². The SMILES string of the molecule is Cc1ccc(C(=O)NC(=Cc2ccco2)C(=O)Nc2ccc(Sc3ccc([N+](=O)[O-])cc3)cc2)cc1C. The molecule has 0 aliphatic carbocycles. The van der Waals surface area contributed by atoms with Crippen molar-refractivity contribution in [1.82, 2.24) is 5.32 Å². The first-order valence-electron chi connectivity index (χ1n) is 11.3. The normalized spacial score (nSPS) is 11.1. The van der Waals surface area contributed by atoms with Crippen LogP contribution in [0.25, 0.3) is 6.08 Å². The van der Waals surface area contributed by atoms with E-state index in [1.54, 1.807) is 48.5 Å². The van der Waals surface area contributed by atoms with E-state index in [0.717, 1.165) is 20.9 Å². The number of anilines is 1. The number of hydrogen-bond acceptors (Lipinski definition) is 6. The van der Waals surface area contributed by atoms with Gasteiger partial charge in [-0.05, 0) is 85.6 Å². The maximum atomic E-state index is 13.1. The summed E-state index contributed by atoms with van der Waals surface area (Å²) in [6.07, 6.45) is 2.95. The minimum atomic E-state index is -0.510. The van der Waals surface area contributed by atoms with Gasteiger partial charge in [-0.15, -0.1) is 0 Å². The number of nitrogens with one attached hydrogen (secondary N) is 2. The lowest BCUT2D eigenvalue weighted by molar-refractivity contribution is -0.384. The molecule has 0 unspecified atom stereocenters. The van der Waals surface area contributed by atoms with Crippen molar-refractivity contribution >= 4 is 41.0 Å². The van der Waals surface area contributed by atoms with Gasteiger partial charge in [-0.1, -0.05) is 17.8 Å². The molecule has 0 saturated carbocycles. The molecular weight excluding hydrogens is 490 g/mol. The number of carbonyl (C=O) groups excluding carboxylic acids is 2. The number of nitro benzene ring substituents is 1. The Morgan fingerprint density at radius 3 is 2.19 bits per heavy atom. The van der Waals surface area contributed by atoms with Crippen molar-refractivity contribution < 1.29 is 18.9 Å². The predicted molar refractivity (Wildman–Crippen MR) is 142 cm³/mol. The number of carbonyl (C=O) groups is 2. The number of hydrogen-bond donors (Lipinski definition) is 2. The topological polar surface area (TPSA) is 114 Å². The first kappa shape index (κ1) is 25.5. The van der Waals surface area contributed by atoms with E-state index in [-0.39, 0.29) is 11.4 Å². The monoisotopic (exact) mass is 513 g/mol. The van der Waals surface area contributed by atoms with E-state index in [0.29, 0.717) is 17.0 Å². The Morgan fingerprint density at radius 1 is 0.919 bits per heavy atom. The molecule has 3 aromatic carbocycles. The van der Waals surface area contributed by atoms with Gasteiger partial charge in [-0.2, -0.15) is 0 Å². The van der Waals surface area contributed by atoms with Crippen LogP contribution in [-0.2, 0) is 4.79 Å². The Kier molecular flexibility index (Phi) is 7.85. The Hall–Kier alpha value is -4.63. The predicted octanol–water partition coefficient (Wildman–Crippen LogP) is 6.37. The molecule has 1 aromatic heterocycles. The number of aryl methyl sites for hydroxylation is 2. The van der Waals surface area contributed by atoms with Crippen LogP contribution < -0.4 is 10.6 Å². The van der Waals surface area contributed by atoms with Gasteiger partial charge in [-0.25, -0.2) is 0 Å². The van der Waals surface area contributed by atoms with Crippen molar-refractivity contribution in [3.63, 3.8) is 0 Å². The van der Waals surface area contributed by atoms with E-state index >= 15 is 0 Å². The average Bonchev–Trinajstić information content (AvgIpc) is 3.40. The maximum absolute atomic E-state index is 13.1. The second-order valence-corrected chi connectivity index (χ2v) is 9.31. The van der Waals surface area contributed by atoms with Gasteiger partial charge >= 0.3 is 0 Å². The molecule has 0 spiro atoms. The molecular formula is C28H23N3O5S. The zero-order valence-electron chi connectivity index (χ0n) is 20.1. The highest BCUT2D eigenvalue weighted by Gasteiger charge is 2.16. The Bertz CT molecular complexity index is 1460. The third-order valence-corrected chi connectivity index (χ3v) is 6.50. The first-order valence-corrected chi connectivity index (χ1v) is 12.1. The fourth-order valence-corrected chi connectivity index (χ4v) is 4.14. The van der Waals surface area contributed by atoms with Gasteiger partial charge in [0, 0.05) is 39.3 Å². The lowest BCUT2D eigenvalue weighted by Crippen LogP contribution is -2.30. The second kappa shape index (κ2) is 11.4. The lowest BCUT2D eigenvalue weighted by atomic mass is 10.1. The Labute approximate surface area is 217 Å². The number of benzene rings is 3. The van der Waals surface area contributed by atoms with Crippen LogP contribution in [0.3, 0.4) is 0 Å². The van der Waals surface area contributed by atoms with Gasteiger partial charge < -0.3 is 15.1 Å². The van der Waals surface area contributed by atoms with Crippen molar-refractivity contribution in [3.8, 4) is 0 Å². The Balaban J connectivity index is 1.46. The fraction of sp³-hybridized carbons (Fsp3) is 0.0714. The Morgan fingerprint density at radius 2 is 1.59 bits per heavy atom. The molecule has 0 bridgehead atoms. The van der Waals surface area contributed by atoms with Crippen LogP contribution in [-0.4, -0.2) is 16.7 Å². The molecule has 9 heteroatoms. The minimum Gasteiger partial charge on any atom is -0.465 e. The van der Waals surface area contributed by atoms with Crippen LogP contribution in [0.15, 0.2) is 105 Å². The summed E-state index contributed by atoms with van der Waals surface area (Å²) >= 11 is 1.44. The molecule has 4 rings (SSSR count). The fourth-order valence-electron chi connectivity index (χ4n) is 3.33. The zero-order chi connectivity index (χ0) is 26.4. The summed E-state index contributed by atoms with van der Waals surface area (Å²) in [7, 11) is 0. The molecule has 1 heterocycles. The average molecular weight is 514 g/mol. The molecule has 8 nitrogen and oxygen atoms in total. The standard InChI is InChI=1S/C28H23N3O5S/c1-18-5-6-20(16-19(18)2)27(32)30-26(17-23-4-3-15-36-23)28(33)29-21-7-11-24(12-8-21)37-25-13-9-22(10-14-25)31(34)35/h3-17H,1-2H3,(H,29,33)(H,30,32). The maximum Gasteiger partial charge on any atom is 0.272 e. The molecule has 0 fully saturated rings. The van der Waals surface area contributed by atoms with Crippen molar-refractivity contribution in [2.45, 2.75) is 23.6 Å². The molecule has 2 N–H and O–H groups in total. The van der Waals surface area contributed by atoms with Crippen LogP contribution in [0, 0.1) is 24.0 Å². The van der Waals surface area contributed by atoms with Crippen LogP contribution in [0.4, 0.5) is 11.4 Å². The smallest absolute Gasteiger partial charge is 0.272 e. The van der Waals surface area contributed by atoms with Gasteiger partial charge in [0.15, 0.2) is 0 Å². The molecule has 0 aliphatic rings. The highest BCUT2D eigenvalue weighted by atomic mass is 32.2. The third-order valence-electron chi connectivity index (χ3n) is 5.49. The summed E-state index contributed by atoms with van der Waals surface area (Å²) < 4.78 is 5.33. The largest absolute Gasteiger partial charge is 0.465 e. The number of nitro groups is 1. The number of rotatable bonds is 8. The highest BCUT2D eigenvalue weighted by molar-refractivity contribution is 7.99. The summed E-state index contributed by atoms with van der Waals surface area (Å²) in [5.41, 5.74) is 3.07. The van der Waals surface area contributed by atoms with Crippen LogP contribution >= 0.6 is 11.8 Å². The van der Waals surface area contributed by atoms with Crippen molar-refractivity contribution in [3.05, 3.63) is 123 Å². The molecule has 0 saturated heterocycles. The molecule has 0 aliphatic heterocycles. The van der Waals surface area contributed by atoms with Crippen LogP contribution in [0.2, 0.25) is 0 Å². The lowest BCUT2D eigenvalue weighted by Gasteiger charge is -2.12. The number of nitrogens with zero attached hydrogens (tertiary/aromatic N) is 1. The summed E-state index contributed by atoms with van der Waals surface area (Å²) in [6.45, 7) is 3.88. The summed E-state index contributed by atoms with van der Waals surface area (Å²) in [6, 6.07) is 22.1. The molecule has 2 amide bonds. The molecule has 0 radical (unpaired) electrons. The minimum absolute atomic E-state index is 0.0301. The van der Waals surface area contributed by atoms with Gasteiger partial charge in [0.25, 0.3) is 17.5 Å². The van der Waals surface area contributed by atoms with E-state index in [1.807, 2.05) is 32.0 Å². The number of furan rings is 1. The van der Waals surface area contributed by atoms with Gasteiger partial charge in [0.2, 0.25) is 0 Å². The third kappa shape index (κ3) is 6.74. The van der Waals surface area contributed by atoms with Gasteiger partial charge in [-0.3, -0.25) is 19.7 Å². The van der Waals surface area contributed by atoms with E-state index in [4.69, 9.17) is 4.42 Å². The summed E-state index contributed by atoms with van der Waals surface area (Å²) in [5, 5.41) is 16.3. The van der Waals surface area contributed by atoms with Crippen LogP contribution in [0.5, 0.6) is 0 Å². The molecule has 4 aromatic rings. The van der Waals surface area contributed by atoms with Crippen molar-refractivity contribution in [2.24, 2.45) is 0 Å². The molecule has 37 heavy (non-hydrogen) atoms. The number of amides is 2. The van der Waals surface area contributed by atoms with Gasteiger partial charge in [0.05, 0.1) is 11.2 Å².